The fourth-order valence-electron chi connectivity index (χ4n) is 0.248. The van der Waals surface area contributed by atoms with Crippen LogP contribution in [0.3, 0.4) is 0 Å². The summed E-state index contributed by atoms with van der Waals surface area (Å²) in [5, 5.41) is 0. The third-order valence-electron chi connectivity index (χ3n) is 0.643. The molecule has 0 heterocycles. The lowest BCUT2D eigenvalue weighted by atomic mass is 10.5. The monoisotopic (exact) mass is 166 g/mol. The lowest BCUT2D eigenvalue weighted by Crippen LogP contribution is -2.01. The van der Waals surface area contributed by atoms with Crippen molar-refractivity contribution in [3.05, 3.63) is 0 Å². The Hall–Kier alpha value is 0.120. The normalized spacial score (nSPS) is 11.8. The molecule has 0 aromatic carbocycles. The van der Waals surface area contributed by atoms with Crippen LogP contribution in [0.5, 0.6) is 0 Å². The van der Waals surface area contributed by atoms with E-state index in [2.05, 4.69) is 0 Å². The first-order valence-corrected chi connectivity index (χ1v) is 4.35. The van der Waals surface area contributed by atoms with Gasteiger partial charge in [-0.3, -0.25) is 9.59 Å². The number of carbonyl (C=O) groups is 2. The van der Waals surface area contributed by atoms with Crippen LogP contribution >= 0.6 is 17.5 Å². The van der Waals surface area contributed by atoms with Crippen LogP contribution in [0.4, 0.5) is 0 Å². The summed E-state index contributed by atoms with van der Waals surface area (Å²) in [6.07, 6.45) is -0.0934. The predicted octanol–water partition coefficient (Wildman–Crippen LogP) is -0.466. The molecule has 0 rings (SSSR count). The van der Waals surface area contributed by atoms with Crippen LogP contribution in [0.15, 0.2) is 0 Å². The molecular weight excluding hydrogens is 158 g/mol. The van der Waals surface area contributed by atoms with Crippen molar-refractivity contribution in [2.45, 2.75) is 6.42 Å². The summed E-state index contributed by atoms with van der Waals surface area (Å²) in [4.78, 5) is 20.8. The van der Waals surface area contributed by atoms with E-state index in [1.54, 1.807) is 0 Å². The van der Waals surface area contributed by atoms with Crippen molar-refractivity contribution in [3.63, 3.8) is 0 Å². The summed E-state index contributed by atoms with van der Waals surface area (Å²) < 4.78 is 0. The molecule has 0 saturated heterocycles. The van der Waals surface area contributed by atoms with Crippen molar-refractivity contribution < 1.29 is 9.59 Å². The van der Waals surface area contributed by atoms with Crippen LogP contribution in [-0.2, 0) is 9.59 Å². The van der Waals surface area contributed by atoms with Gasteiger partial charge in [-0.25, -0.2) is 0 Å². The van der Waals surface area contributed by atoms with Gasteiger partial charge in [-0.2, -0.15) is 0 Å². The maximum Gasteiger partial charge on any atom is 0.173 e. The molecule has 0 bridgehead atoms. The van der Waals surface area contributed by atoms with Gasteiger partial charge >= 0.3 is 0 Å². The minimum absolute atomic E-state index is 0.0934. The Labute approximate surface area is 56.4 Å². The number of carbonyl (C=O) groups excluding carboxylic acids is 2. The second-order valence-corrected chi connectivity index (χ2v) is 3.00. The Morgan fingerprint density at radius 2 is 1.44 bits per heavy atom. The second kappa shape index (κ2) is 4.95. The maximum atomic E-state index is 10.4. The molecule has 0 spiro atoms. The minimum atomic E-state index is -0.283. The molecule has 0 fully saturated rings. The predicted molar refractivity (Wildman–Crippen MR) is 39.6 cm³/mol. The van der Waals surface area contributed by atoms with Gasteiger partial charge in [0.2, 0.25) is 0 Å². The van der Waals surface area contributed by atoms with Gasteiger partial charge in [0.05, 0.1) is 6.42 Å². The second-order valence-electron chi connectivity index (χ2n) is 1.31. The molecule has 0 aromatic rings. The summed E-state index contributed by atoms with van der Waals surface area (Å²) in [5.74, 6) is 0. The van der Waals surface area contributed by atoms with Crippen molar-refractivity contribution in [2.24, 2.45) is 11.0 Å². The molecule has 2 atom stereocenters. The molecule has 9 heavy (non-hydrogen) atoms. The lowest BCUT2D eigenvalue weighted by Gasteiger charge is -1.91. The van der Waals surface area contributed by atoms with Gasteiger partial charge in [-0.05, 0) is 0 Å². The molecule has 0 amide bonds. The van der Waals surface area contributed by atoms with Gasteiger partial charge in [0.1, 0.15) is 0 Å². The summed E-state index contributed by atoms with van der Waals surface area (Å²) in [6.45, 7) is 0. The minimum Gasteiger partial charge on any atom is -0.306 e. The average molecular weight is 166 g/mol. The molecule has 4 nitrogen and oxygen atoms in total. The van der Waals surface area contributed by atoms with Crippen LogP contribution in [0.25, 0.3) is 0 Å². The highest BCUT2D eigenvalue weighted by atomic mass is 31.1. The topological polar surface area (TPSA) is 86.2 Å². The average Bonchev–Trinajstić information content (AvgIpc) is 1.87. The summed E-state index contributed by atoms with van der Waals surface area (Å²) >= 11 is 0. The van der Waals surface area contributed by atoms with Crippen LogP contribution in [0, 0.1) is 0 Å². The number of rotatable bonds is 4. The van der Waals surface area contributed by atoms with Crippen molar-refractivity contribution in [1.82, 2.24) is 0 Å². The van der Waals surface area contributed by atoms with Gasteiger partial charge in [0.25, 0.3) is 0 Å². The van der Waals surface area contributed by atoms with E-state index in [0.717, 1.165) is 0 Å². The van der Waals surface area contributed by atoms with Crippen molar-refractivity contribution >= 4 is 28.5 Å². The first-order valence-electron chi connectivity index (χ1n) is 2.19. The first-order chi connectivity index (χ1) is 4.20. The van der Waals surface area contributed by atoms with Crippen LogP contribution in [-0.4, -0.2) is 11.0 Å². The zero-order valence-corrected chi connectivity index (χ0v) is 6.68. The Balaban J connectivity index is 3.47. The van der Waals surface area contributed by atoms with Gasteiger partial charge in [-0.15, -0.1) is 0 Å². The number of hydrogen-bond acceptors (Lipinski definition) is 4. The fourth-order valence-corrected chi connectivity index (χ4v) is 0.950. The molecule has 4 N–H and O–H groups in total. The molecule has 0 radical (unpaired) electrons. The molecule has 2 unspecified atom stereocenters. The summed E-state index contributed by atoms with van der Waals surface area (Å²) in [6, 6.07) is 0. The van der Waals surface area contributed by atoms with Crippen LogP contribution in [0.1, 0.15) is 6.42 Å². The SMILES string of the molecule is NPC(=O)CC(=O)PN. The summed E-state index contributed by atoms with van der Waals surface area (Å²) in [5.41, 5.74) is 9.48. The van der Waals surface area contributed by atoms with E-state index in [1.165, 1.54) is 0 Å². The van der Waals surface area contributed by atoms with Crippen molar-refractivity contribution in [2.75, 3.05) is 0 Å². The third kappa shape index (κ3) is 4.61. The zero-order valence-electron chi connectivity index (χ0n) is 4.68. The molecule has 6 heteroatoms. The van der Waals surface area contributed by atoms with Crippen LogP contribution in [0.2, 0.25) is 0 Å². The molecule has 52 valence electrons. The quantitative estimate of drug-likeness (QED) is 0.436. The Bertz CT molecular complexity index is 113. The summed E-state index contributed by atoms with van der Waals surface area (Å²) in [7, 11) is -0.567. The van der Waals surface area contributed by atoms with E-state index in [9.17, 15) is 9.59 Å². The molecule has 0 aliphatic carbocycles. The third-order valence-corrected chi connectivity index (χ3v) is 1.64. The van der Waals surface area contributed by atoms with E-state index in [-0.39, 0.29) is 34.9 Å². The van der Waals surface area contributed by atoms with Crippen LogP contribution < -0.4 is 11.0 Å². The number of hydrogen-bond donors (Lipinski definition) is 2. The highest BCUT2D eigenvalue weighted by molar-refractivity contribution is 7.58. The van der Waals surface area contributed by atoms with Gasteiger partial charge < -0.3 is 11.0 Å². The largest absolute Gasteiger partial charge is 0.306 e. The maximum absolute atomic E-state index is 10.4. The lowest BCUT2D eigenvalue weighted by molar-refractivity contribution is -0.118. The van der Waals surface area contributed by atoms with E-state index in [1.807, 2.05) is 0 Å². The smallest absolute Gasteiger partial charge is 0.173 e. The fraction of sp³-hybridized carbons (Fsp3) is 0.333. The number of nitrogens with two attached hydrogens (primary N) is 2. The van der Waals surface area contributed by atoms with E-state index in [0.29, 0.717) is 0 Å². The van der Waals surface area contributed by atoms with Crippen molar-refractivity contribution in [3.8, 4) is 0 Å². The van der Waals surface area contributed by atoms with Gasteiger partial charge in [0, 0.05) is 17.5 Å². The first kappa shape index (κ1) is 9.12. The molecule has 0 saturated carbocycles. The van der Waals surface area contributed by atoms with E-state index < -0.39 is 0 Å². The molecule has 0 aliphatic rings. The Morgan fingerprint density at radius 1 is 1.11 bits per heavy atom. The van der Waals surface area contributed by atoms with E-state index in [4.69, 9.17) is 11.0 Å². The van der Waals surface area contributed by atoms with Crippen molar-refractivity contribution in [1.29, 1.82) is 0 Å². The molecular formula is C3H8N2O2P2. The Kier molecular flexibility index (Phi) is 5.02. The highest BCUT2D eigenvalue weighted by Gasteiger charge is 2.04. The Morgan fingerprint density at radius 3 is 1.67 bits per heavy atom. The van der Waals surface area contributed by atoms with E-state index >= 15 is 0 Å². The zero-order chi connectivity index (χ0) is 7.28. The van der Waals surface area contributed by atoms with Gasteiger partial charge in [0.15, 0.2) is 11.0 Å². The molecule has 0 aromatic heterocycles. The van der Waals surface area contributed by atoms with Gasteiger partial charge in [-0.1, -0.05) is 0 Å². The molecule has 0 aliphatic heterocycles. The highest BCUT2D eigenvalue weighted by Crippen LogP contribution is 2.09. The standard InChI is InChI=1S/C3H8N2O2P2/c4-8-2(6)1-3(7)9-5/h8-9H,1,4-5H2.